The summed E-state index contributed by atoms with van der Waals surface area (Å²) >= 11 is 0. The Labute approximate surface area is 164 Å². The maximum atomic E-state index is 14.2. The number of hydrogen-bond acceptors (Lipinski definition) is 6. The van der Waals surface area contributed by atoms with Gasteiger partial charge in [-0.05, 0) is 25.1 Å². The zero-order valence-corrected chi connectivity index (χ0v) is 15.5. The lowest BCUT2D eigenvalue weighted by atomic mass is 10.2. The molecule has 0 spiro atoms. The van der Waals surface area contributed by atoms with E-state index in [1.807, 2.05) is 6.07 Å². The quantitative estimate of drug-likeness (QED) is 0.505. The first kappa shape index (κ1) is 18.4. The monoisotopic (exact) mass is 392 g/mol. The van der Waals surface area contributed by atoms with Crippen molar-refractivity contribution in [2.24, 2.45) is 0 Å². The Hall–Kier alpha value is -4.01. The van der Waals surface area contributed by atoms with Crippen LogP contribution in [0.5, 0.6) is 0 Å². The van der Waals surface area contributed by atoms with Crippen LogP contribution in [0.4, 0.5) is 16.2 Å². The summed E-state index contributed by atoms with van der Waals surface area (Å²) in [6.07, 6.45) is 4.48. The van der Waals surface area contributed by atoms with Gasteiger partial charge in [0, 0.05) is 24.3 Å². The van der Waals surface area contributed by atoms with E-state index in [-0.39, 0.29) is 35.2 Å². The number of ketones is 1. The van der Waals surface area contributed by atoms with Gasteiger partial charge >= 0.3 is 0 Å². The van der Waals surface area contributed by atoms with Gasteiger partial charge in [-0.25, -0.2) is 9.37 Å². The van der Waals surface area contributed by atoms with Crippen LogP contribution in [-0.2, 0) is 6.54 Å². The maximum Gasteiger partial charge on any atom is 0.282 e. The van der Waals surface area contributed by atoms with Crippen molar-refractivity contribution in [1.82, 2.24) is 18.9 Å². The molecule has 146 valence electrons. The normalized spacial score (nSPS) is 11.0. The predicted molar refractivity (Wildman–Crippen MR) is 107 cm³/mol. The molecule has 0 unspecified atom stereocenters. The van der Waals surface area contributed by atoms with Gasteiger partial charge < -0.3 is 15.5 Å². The number of nitrogens with one attached hydrogen (secondary N) is 1. The molecule has 0 fully saturated rings. The van der Waals surface area contributed by atoms with Gasteiger partial charge in [-0.15, -0.1) is 0 Å². The Balaban J connectivity index is 1.83. The van der Waals surface area contributed by atoms with Crippen molar-refractivity contribution in [3.63, 3.8) is 0 Å². The summed E-state index contributed by atoms with van der Waals surface area (Å²) in [5, 5.41) is 3.04. The lowest BCUT2D eigenvalue weighted by Gasteiger charge is -2.16. The van der Waals surface area contributed by atoms with E-state index in [1.165, 1.54) is 34.4 Å². The number of nitrogens with two attached hydrogens (primary N) is 1. The van der Waals surface area contributed by atoms with Crippen LogP contribution in [0.25, 0.3) is 11.2 Å². The molecule has 0 aliphatic rings. The van der Waals surface area contributed by atoms with Crippen LogP contribution in [0, 0.1) is 5.82 Å². The number of nitrogen functional groups attached to an aromatic ring is 1. The molecule has 4 rings (SSSR count). The van der Waals surface area contributed by atoms with E-state index in [0.717, 1.165) is 0 Å². The first-order chi connectivity index (χ1) is 14.0. The Morgan fingerprint density at radius 3 is 2.72 bits per heavy atom. The molecule has 0 bridgehead atoms. The van der Waals surface area contributed by atoms with Crippen molar-refractivity contribution < 1.29 is 9.18 Å². The lowest BCUT2D eigenvalue weighted by molar-refractivity contribution is 0.101. The van der Waals surface area contributed by atoms with Gasteiger partial charge in [0.25, 0.3) is 5.56 Å². The number of rotatable bonds is 5. The largest absolute Gasteiger partial charge is 0.368 e. The summed E-state index contributed by atoms with van der Waals surface area (Å²) in [6, 6.07) is 10.2. The van der Waals surface area contributed by atoms with Gasteiger partial charge in [0.2, 0.25) is 5.95 Å². The summed E-state index contributed by atoms with van der Waals surface area (Å²) < 4.78 is 17.0. The van der Waals surface area contributed by atoms with Crippen LogP contribution < -0.4 is 16.6 Å². The number of nitrogens with zero attached hydrogens (tertiary/aromatic N) is 4. The van der Waals surface area contributed by atoms with Crippen LogP contribution in [0.2, 0.25) is 0 Å². The van der Waals surface area contributed by atoms with Gasteiger partial charge in [0.05, 0.1) is 17.8 Å². The Bertz CT molecular complexity index is 1280. The molecule has 9 heteroatoms. The zero-order chi connectivity index (χ0) is 20.5. The van der Waals surface area contributed by atoms with Gasteiger partial charge in [-0.3, -0.25) is 14.2 Å². The van der Waals surface area contributed by atoms with E-state index in [1.54, 1.807) is 30.5 Å². The van der Waals surface area contributed by atoms with Gasteiger partial charge in [-0.2, -0.15) is 4.98 Å². The molecule has 3 heterocycles. The number of fused-ring (bicyclic) bond motifs is 1. The number of carbonyl (C=O) groups excluding carboxylic acids is 1. The average molecular weight is 392 g/mol. The number of hydrogen-bond donors (Lipinski definition) is 2. The molecular weight excluding hydrogens is 375 g/mol. The second kappa shape index (κ2) is 7.19. The minimum Gasteiger partial charge on any atom is -0.368 e. The minimum absolute atomic E-state index is 0.0147. The highest BCUT2D eigenvalue weighted by atomic mass is 19.1. The number of carbonyl (C=O) groups is 1. The van der Waals surface area contributed by atoms with E-state index in [0.29, 0.717) is 11.4 Å². The number of aromatic nitrogens is 4. The smallest absolute Gasteiger partial charge is 0.282 e. The summed E-state index contributed by atoms with van der Waals surface area (Å²) in [4.78, 5) is 32.8. The maximum absolute atomic E-state index is 14.2. The van der Waals surface area contributed by atoms with E-state index in [2.05, 4.69) is 15.3 Å². The van der Waals surface area contributed by atoms with Crippen LogP contribution in [-0.4, -0.2) is 24.7 Å². The molecule has 0 atom stereocenters. The average Bonchev–Trinajstić information content (AvgIpc) is 3.08. The molecular formula is C20H17FN6O2. The predicted octanol–water partition coefficient (Wildman–Crippen LogP) is 2.42. The molecule has 0 amide bonds. The topological polar surface area (TPSA) is 107 Å². The van der Waals surface area contributed by atoms with E-state index in [9.17, 15) is 14.0 Å². The highest BCUT2D eigenvalue weighted by molar-refractivity contribution is 5.98. The van der Waals surface area contributed by atoms with Crippen LogP contribution in [0.15, 0.2) is 59.8 Å². The number of anilines is 2. The van der Waals surface area contributed by atoms with Crippen LogP contribution in [0.1, 0.15) is 23.0 Å². The third kappa shape index (κ3) is 3.33. The molecule has 8 nitrogen and oxygen atoms in total. The standard InChI is InChI=1S/C20H17FN6O2/c1-12(28)15-10-24-20(22)25-18(15)23-9-14-11-26-8-7-16(21)17(26)19(29)27(14)13-5-3-2-4-6-13/h2-8,10-11H,9H2,1H3,(H3,22,23,24,25). The fourth-order valence-electron chi connectivity index (χ4n) is 3.14. The summed E-state index contributed by atoms with van der Waals surface area (Å²) in [5.74, 6) is -0.547. The zero-order valence-electron chi connectivity index (χ0n) is 15.5. The minimum atomic E-state index is -0.596. The summed E-state index contributed by atoms with van der Waals surface area (Å²) in [6.45, 7) is 1.53. The fraction of sp³-hybridized carbons (Fsp3) is 0.100. The van der Waals surface area contributed by atoms with Crippen molar-refractivity contribution in [3.8, 4) is 5.69 Å². The van der Waals surface area contributed by atoms with Crippen molar-refractivity contribution in [2.75, 3.05) is 11.1 Å². The number of Topliss-reactive ketones (excluding diaryl/α,β-unsaturated/α-hetero) is 1. The molecule has 29 heavy (non-hydrogen) atoms. The molecule has 3 N–H and O–H groups in total. The molecule has 0 radical (unpaired) electrons. The highest BCUT2D eigenvalue weighted by Gasteiger charge is 2.16. The fourth-order valence-corrected chi connectivity index (χ4v) is 3.14. The first-order valence-electron chi connectivity index (χ1n) is 8.79. The van der Waals surface area contributed by atoms with Crippen molar-refractivity contribution >= 4 is 23.1 Å². The summed E-state index contributed by atoms with van der Waals surface area (Å²) in [5.41, 5.74) is 6.51. The van der Waals surface area contributed by atoms with Crippen molar-refractivity contribution in [1.29, 1.82) is 0 Å². The van der Waals surface area contributed by atoms with Gasteiger partial charge in [0.15, 0.2) is 11.6 Å². The molecule has 0 aliphatic heterocycles. The van der Waals surface area contributed by atoms with Gasteiger partial charge in [0.1, 0.15) is 11.3 Å². The second-order valence-corrected chi connectivity index (χ2v) is 6.42. The van der Waals surface area contributed by atoms with Crippen molar-refractivity contribution in [3.05, 3.63) is 82.4 Å². The van der Waals surface area contributed by atoms with Crippen LogP contribution in [0.3, 0.4) is 0 Å². The first-order valence-corrected chi connectivity index (χ1v) is 8.79. The summed E-state index contributed by atoms with van der Waals surface area (Å²) in [7, 11) is 0. The molecule has 1 aromatic carbocycles. The molecule has 0 saturated carbocycles. The third-order valence-electron chi connectivity index (χ3n) is 4.48. The Kier molecular flexibility index (Phi) is 4.55. The number of halogens is 1. The SMILES string of the molecule is CC(=O)c1cnc(N)nc1NCc1cn2ccc(F)c2c(=O)n1-c1ccccc1. The van der Waals surface area contributed by atoms with E-state index >= 15 is 0 Å². The van der Waals surface area contributed by atoms with E-state index < -0.39 is 11.4 Å². The van der Waals surface area contributed by atoms with E-state index in [4.69, 9.17) is 5.73 Å². The second-order valence-electron chi connectivity index (χ2n) is 6.42. The molecule has 4 aromatic rings. The number of benzene rings is 1. The molecule has 0 saturated heterocycles. The lowest BCUT2D eigenvalue weighted by Crippen LogP contribution is -2.26. The third-order valence-corrected chi connectivity index (χ3v) is 4.48. The Morgan fingerprint density at radius 1 is 1.24 bits per heavy atom. The van der Waals surface area contributed by atoms with Crippen LogP contribution >= 0.6 is 0 Å². The number of para-hydroxylation sites is 1. The molecule has 0 aliphatic carbocycles. The van der Waals surface area contributed by atoms with Gasteiger partial charge in [-0.1, -0.05) is 18.2 Å². The van der Waals surface area contributed by atoms with Crippen molar-refractivity contribution in [2.45, 2.75) is 13.5 Å². The molecule has 3 aromatic heterocycles. The Morgan fingerprint density at radius 2 is 2.00 bits per heavy atom. The highest BCUT2D eigenvalue weighted by Crippen LogP contribution is 2.17.